The van der Waals surface area contributed by atoms with Gasteiger partial charge in [0, 0.05) is 37.0 Å². The summed E-state index contributed by atoms with van der Waals surface area (Å²) in [4.78, 5) is 31.3. The molecule has 1 fully saturated rings. The van der Waals surface area contributed by atoms with Crippen LogP contribution in [0, 0.1) is 6.92 Å². The van der Waals surface area contributed by atoms with E-state index in [1.165, 1.54) is 5.56 Å². The van der Waals surface area contributed by atoms with Crippen molar-refractivity contribution in [1.29, 1.82) is 0 Å². The van der Waals surface area contributed by atoms with Gasteiger partial charge in [-0.3, -0.25) is 14.8 Å². The van der Waals surface area contributed by atoms with Crippen LogP contribution >= 0.6 is 0 Å². The first kappa shape index (κ1) is 16.6. The van der Waals surface area contributed by atoms with Crippen LogP contribution in [-0.2, 0) is 0 Å². The van der Waals surface area contributed by atoms with Crippen molar-refractivity contribution in [2.24, 2.45) is 0 Å². The van der Waals surface area contributed by atoms with E-state index >= 15 is 0 Å². The molecule has 1 aliphatic heterocycles. The Morgan fingerprint density at radius 3 is 2.61 bits per heavy atom. The Kier molecular flexibility index (Phi) is 3.90. The second-order valence-electron chi connectivity index (χ2n) is 7.11. The Balaban J connectivity index is 1.37. The summed E-state index contributed by atoms with van der Waals surface area (Å²) in [5, 5.41) is 0. The van der Waals surface area contributed by atoms with E-state index in [1.54, 1.807) is 17.3 Å². The first-order valence-electron chi connectivity index (χ1n) is 9.31. The number of nitrogens with one attached hydrogen (secondary N) is 1. The van der Waals surface area contributed by atoms with Crippen LogP contribution in [0.3, 0.4) is 0 Å². The van der Waals surface area contributed by atoms with Gasteiger partial charge >= 0.3 is 0 Å². The van der Waals surface area contributed by atoms with Crippen LogP contribution in [0.25, 0.3) is 22.3 Å². The molecule has 6 heteroatoms. The Hall–Kier alpha value is -3.54. The third kappa shape index (κ3) is 2.74. The molecule has 28 heavy (non-hydrogen) atoms. The summed E-state index contributed by atoms with van der Waals surface area (Å²) in [7, 11) is 0. The average molecular weight is 369 g/mol. The molecule has 5 rings (SSSR count). The minimum absolute atomic E-state index is 0.0752. The average Bonchev–Trinajstić information content (AvgIpc) is 3.12. The molecular formula is C22H19N5O. The van der Waals surface area contributed by atoms with Crippen molar-refractivity contribution in [2.75, 3.05) is 13.1 Å². The monoisotopic (exact) mass is 369 g/mol. The molecule has 1 aliphatic rings. The topological polar surface area (TPSA) is 74.8 Å². The van der Waals surface area contributed by atoms with Crippen LogP contribution in [0.4, 0.5) is 0 Å². The zero-order valence-electron chi connectivity index (χ0n) is 15.5. The van der Waals surface area contributed by atoms with Crippen molar-refractivity contribution in [1.82, 2.24) is 24.8 Å². The number of carbonyl (C=O) groups is 1. The molecule has 6 nitrogen and oxygen atoms in total. The molecule has 1 saturated heterocycles. The van der Waals surface area contributed by atoms with Gasteiger partial charge in [0.25, 0.3) is 5.91 Å². The van der Waals surface area contributed by atoms with E-state index in [2.05, 4.69) is 39.0 Å². The van der Waals surface area contributed by atoms with Crippen LogP contribution in [-0.4, -0.2) is 43.8 Å². The van der Waals surface area contributed by atoms with Crippen molar-refractivity contribution in [3.63, 3.8) is 0 Å². The van der Waals surface area contributed by atoms with Gasteiger partial charge in [-0.25, -0.2) is 4.98 Å². The molecule has 0 radical (unpaired) electrons. The maximum absolute atomic E-state index is 12.8. The quantitative estimate of drug-likeness (QED) is 0.599. The number of aromatic amines is 1. The van der Waals surface area contributed by atoms with Crippen molar-refractivity contribution in [2.45, 2.75) is 12.8 Å². The second kappa shape index (κ2) is 6.56. The number of carbonyl (C=O) groups excluding carboxylic acids is 1. The van der Waals surface area contributed by atoms with E-state index in [4.69, 9.17) is 0 Å². The summed E-state index contributed by atoms with van der Waals surface area (Å²) in [6, 6.07) is 15.8. The Bertz CT molecular complexity index is 1140. The number of aryl methyl sites for hydroxylation is 1. The van der Waals surface area contributed by atoms with Crippen LogP contribution in [0.2, 0.25) is 0 Å². The lowest BCUT2D eigenvalue weighted by Crippen LogP contribution is -2.49. The summed E-state index contributed by atoms with van der Waals surface area (Å²) in [5.74, 6) is 0.489. The van der Waals surface area contributed by atoms with E-state index in [0.29, 0.717) is 18.9 Å². The van der Waals surface area contributed by atoms with E-state index in [9.17, 15) is 4.79 Å². The highest BCUT2D eigenvalue weighted by atomic mass is 16.2. The van der Waals surface area contributed by atoms with Gasteiger partial charge in [-0.2, -0.15) is 0 Å². The summed E-state index contributed by atoms with van der Waals surface area (Å²) in [6.45, 7) is 3.31. The number of likely N-dealkylation sites (tertiary alicyclic amines) is 1. The highest BCUT2D eigenvalue weighted by Crippen LogP contribution is 2.33. The lowest BCUT2D eigenvalue weighted by atomic mass is 9.91. The maximum atomic E-state index is 12.8. The van der Waals surface area contributed by atoms with Crippen LogP contribution in [0.15, 0.2) is 60.9 Å². The Morgan fingerprint density at radius 1 is 1.04 bits per heavy atom. The van der Waals surface area contributed by atoms with Crippen molar-refractivity contribution < 1.29 is 4.79 Å². The predicted octanol–water partition coefficient (Wildman–Crippen LogP) is 3.57. The van der Waals surface area contributed by atoms with E-state index < -0.39 is 0 Å². The minimum atomic E-state index is -0.0752. The molecule has 0 aliphatic carbocycles. The summed E-state index contributed by atoms with van der Waals surface area (Å²) in [5.41, 5.74) is 5.79. The zero-order valence-corrected chi connectivity index (χ0v) is 15.5. The maximum Gasteiger partial charge on any atom is 0.289 e. The van der Waals surface area contributed by atoms with Crippen LogP contribution < -0.4 is 0 Å². The van der Waals surface area contributed by atoms with Crippen molar-refractivity contribution >= 4 is 16.9 Å². The van der Waals surface area contributed by atoms with Crippen LogP contribution in [0.1, 0.15) is 27.8 Å². The standard InChI is InChI=1S/C22H19N5O/c1-14-6-2-3-7-16(14)20-19(23-10-11-24-20)15-12-27(13-15)22(28)21-25-17-8-4-5-9-18(17)26-21/h2-11,15H,12-13H2,1H3,(H,25,26). The molecule has 1 N–H and O–H groups in total. The van der Waals surface area contributed by atoms with Crippen molar-refractivity contribution in [3.05, 3.63) is 78.0 Å². The highest BCUT2D eigenvalue weighted by Gasteiger charge is 2.36. The van der Waals surface area contributed by atoms with Gasteiger partial charge in [-0.05, 0) is 24.6 Å². The summed E-state index contributed by atoms with van der Waals surface area (Å²) >= 11 is 0. The number of hydrogen-bond acceptors (Lipinski definition) is 4. The number of benzene rings is 2. The molecule has 0 spiro atoms. The molecule has 0 atom stereocenters. The SMILES string of the molecule is Cc1ccccc1-c1nccnc1C1CN(C(=O)c2nc3ccccc3[nH]2)C1. The molecule has 2 aromatic carbocycles. The smallest absolute Gasteiger partial charge is 0.289 e. The number of para-hydroxylation sites is 2. The van der Waals surface area contributed by atoms with Gasteiger partial charge in [0.2, 0.25) is 0 Å². The van der Waals surface area contributed by atoms with Gasteiger partial charge in [0.1, 0.15) is 0 Å². The minimum Gasteiger partial charge on any atom is -0.335 e. The van der Waals surface area contributed by atoms with Gasteiger partial charge < -0.3 is 9.88 Å². The number of H-pyrrole nitrogens is 1. The first-order valence-corrected chi connectivity index (χ1v) is 9.31. The van der Waals surface area contributed by atoms with Crippen LogP contribution in [0.5, 0.6) is 0 Å². The predicted molar refractivity (Wildman–Crippen MR) is 107 cm³/mol. The normalized spacial score (nSPS) is 14.2. The largest absolute Gasteiger partial charge is 0.335 e. The molecule has 2 aromatic heterocycles. The molecule has 0 unspecified atom stereocenters. The molecule has 138 valence electrons. The van der Waals surface area contributed by atoms with E-state index in [-0.39, 0.29) is 11.8 Å². The number of fused-ring (bicyclic) bond motifs is 1. The number of imidazole rings is 1. The Morgan fingerprint density at radius 2 is 1.79 bits per heavy atom. The van der Waals surface area contributed by atoms with Gasteiger partial charge in [0.05, 0.1) is 22.4 Å². The highest BCUT2D eigenvalue weighted by molar-refractivity contribution is 5.94. The molecule has 1 amide bonds. The fourth-order valence-corrected chi connectivity index (χ4v) is 3.71. The Labute approximate surface area is 162 Å². The van der Waals surface area contributed by atoms with E-state index in [1.807, 2.05) is 36.4 Å². The fraction of sp³-hybridized carbons (Fsp3) is 0.182. The third-order valence-electron chi connectivity index (χ3n) is 5.27. The second-order valence-corrected chi connectivity index (χ2v) is 7.11. The van der Waals surface area contributed by atoms with Gasteiger partial charge in [0.15, 0.2) is 5.82 Å². The third-order valence-corrected chi connectivity index (χ3v) is 5.27. The lowest BCUT2D eigenvalue weighted by Gasteiger charge is -2.38. The van der Waals surface area contributed by atoms with Gasteiger partial charge in [-0.1, -0.05) is 36.4 Å². The number of hydrogen-bond donors (Lipinski definition) is 1. The fourth-order valence-electron chi connectivity index (χ4n) is 3.71. The number of nitrogens with zero attached hydrogens (tertiary/aromatic N) is 4. The molecule has 0 bridgehead atoms. The number of rotatable bonds is 3. The lowest BCUT2D eigenvalue weighted by molar-refractivity contribution is 0.0587. The number of aromatic nitrogens is 4. The zero-order chi connectivity index (χ0) is 19.1. The molecule has 4 aromatic rings. The summed E-state index contributed by atoms with van der Waals surface area (Å²) < 4.78 is 0. The summed E-state index contributed by atoms with van der Waals surface area (Å²) in [6.07, 6.45) is 3.45. The molecule has 3 heterocycles. The van der Waals surface area contributed by atoms with Gasteiger partial charge in [-0.15, -0.1) is 0 Å². The van der Waals surface area contributed by atoms with E-state index in [0.717, 1.165) is 28.0 Å². The van der Waals surface area contributed by atoms with Crippen molar-refractivity contribution in [3.8, 4) is 11.3 Å². The number of amides is 1. The molecule has 0 saturated carbocycles. The molecular weight excluding hydrogens is 350 g/mol. The first-order chi connectivity index (χ1) is 13.7.